The summed E-state index contributed by atoms with van der Waals surface area (Å²) in [6, 6.07) is 26.1. The SMILES string of the molecule is C=C(C)C(=O)Oc1ccccc1-c1cc(OC)ccc1Sc1ccc(OC)cc1-c1ccccc1OC(=O)C(=C)C. The van der Waals surface area contributed by atoms with Gasteiger partial charge in [-0.25, -0.2) is 9.59 Å². The summed E-state index contributed by atoms with van der Waals surface area (Å²) in [5, 5.41) is 0. The van der Waals surface area contributed by atoms with Gasteiger partial charge in [-0.1, -0.05) is 61.3 Å². The van der Waals surface area contributed by atoms with Gasteiger partial charge in [-0.15, -0.1) is 0 Å². The van der Waals surface area contributed by atoms with Crippen molar-refractivity contribution in [1.82, 2.24) is 0 Å². The van der Waals surface area contributed by atoms with E-state index in [-0.39, 0.29) is 0 Å². The monoisotopic (exact) mass is 566 g/mol. The van der Waals surface area contributed by atoms with Crippen molar-refractivity contribution in [2.45, 2.75) is 23.6 Å². The van der Waals surface area contributed by atoms with Crippen LogP contribution in [0.5, 0.6) is 23.0 Å². The Labute approximate surface area is 244 Å². The van der Waals surface area contributed by atoms with Crippen LogP contribution in [0.15, 0.2) is 119 Å². The Morgan fingerprint density at radius 2 is 0.976 bits per heavy atom. The molecule has 0 heterocycles. The molecule has 4 aromatic rings. The molecule has 4 aromatic carbocycles. The normalized spacial score (nSPS) is 10.4. The Bertz CT molecular complexity index is 1520. The van der Waals surface area contributed by atoms with Crippen molar-refractivity contribution in [2.24, 2.45) is 0 Å². The first kappa shape index (κ1) is 29.2. The molecule has 6 nitrogen and oxygen atoms in total. The van der Waals surface area contributed by atoms with Gasteiger partial charge in [0.1, 0.15) is 23.0 Å². The third-order valence-corrected chi connectivity index (χ3v) is 7.20. The average molecular weight is 567 g/mol. The highest BCUT2D eigenvalue weighted by molar-refractivity contribution is 7.99. The van der Waals surface area contributed by atoms with Crippen LogP contribution >= 0.6 is 11.8 Å². The van der Waals surface area contributed by atoms with Crippen LogP contribution in [0.4, 0.5) is 0 Å². The molecular formula is C34H30O6S. The number of methoxy groups -OCH3 is 2. The molecule has 0 aromatic heterocycles. The molecule has 0 saturated carbocycles. The van der Waals surface area contributed by atoms with E-state index >= 15 is 0 Å². The second-order valence-electron chi connectivity index (χ2n) is 9.16. The van der Waals surface area contributed by atoms with E-state index < -0.39 is 11.9 Å². The number of hydrogen-bond donors (Lipinski definition) is 0. The van der Waals surface area contributed by atoms with Gasteiger partial charge < -0.3 is 18.9 Å². The smallest absolute Gasteiger partial charge is 0.338 e. The number of hydrogen-bond acceptors (Lipinski definition) is 7. The highest BCUT2D eigenvalue weighted by Gasteiger charge is 2.19. The van der Waals surface area contributed by atoms with Crippen molar-refractivity contribution in [3.63, 3.8) is 0 Å². The summed E-state index contributed by atoms with van der Waals surface area (Å²) >= 11 is 1.51. The Balaban J connectivity index is 1.85. The van der Waals surface area contributed by atoms with Crippen molar-refractivity contribution in [3.05, 3.63) is 109 Å². The predicted octanol–water partition coefficient (Wildman–Crippen LogP) is 8.15. The fraction of sp³-hybridized carbons (Fsp3) is 0.118. The number of para-hydroxylation sites is 2. The lowest BCUT2D eigenvalue weighted by Gasteiger charge is -2.18. The second-order valence-corrected chi connectivity index (χ2v) is 10.2. The fourth-order valence-electron chi connectivity index (χ4n) is 3.92. The summed E-state index contributed by atoms with van der Waals surface area (Å²) < 4.78 is 22.4. The molecule has 41 heavy (non-hydrogen) atoms. The van der Waals surface area contributed by atoms with Crippen LogP contribution in [-0.4, -0.2) is 26.2 Å². The van der Waals surface area contributed by atoms with Gasteiger partial charge in [0.2, 0.25) is 0 Å². The number of carbonyl (C=O) groups is 2. The molecule has 0 aliphatic heterocycles. The maximum absolute atomic E-state index is 12.4. The van der Waals surface area contributed by atoms with Crippen LogP contribution in [0.1, 0.15) is 13.8 Å². The molecule has 0 spiro atoms. The summed E-state index contributed by atoms with van der Waals surface area (Å²) in [5.74, 6) is 1.10. The third kappa shape index (κ3) is 6.88. The summed E-state index contributed by atoms with van der Waals surface area (Å²) in [6.45, 7) is 10.6. The number of rotatable bonds is 10. The van der Waals surface area contributed by atoms with E-state index in [2.05, 4.69) is 13.2 Å². The highest BCUT2D eigenvalue weighted by atomic mass is 32.2. The van der Waals surface area contributed by atoms with E-state index in [1.54, 1.807) is 40.2 Å². The van der Waals surface area contributed by atoms with Gasteiger partial charge in [-0.3, -0.25) is 0 Å². The fourth-order valence-corrected chi connectivity index (χ4v) is 4.99. The minimum Gasteiger partial charge on any atom is -0.497 e. The first-order valence-corrected chi connectivity index (χ1v) is 13.5. The van der Waals surface area contributed by atoms with E-state index in [1.807, 2.05) is 72.8 Å². The van der Waals surface area contributed by atoms with Crippen LogP contribution in [-0.2, 0) is 9.59 Å². The molecule has 208 valence electrons. The van der Waals surface area contributed by atoms with Gasteiger partial charge in [-0.2, -0.15) is 0 Å². The van der Waals surface area contributed by atoms with Crippen LogP contribution in [0.3, 0.4) is 0 Å². The van der Waals surface area contributed by atoms with Crippen molar-refractivity contribution in [3.8, 4) is 45.3 Å². The molecule has 0 radical (unpaired) electrons. The predicted molar refractivity (Wildman–Crippen MR) is 162 cm³/mol. The van der Waals surface area contributed by atoms with Crippen molar-refractivity contribution in [2.75, 3.05) is 14.2 Å². The van der Waals surface area contributed by atoms with E-state index in [4.69, 9.17) is 18.9 Å². The summed E-state index contributed by atoms with van der Waals surface area (Å²) in [7, 11) is 3.20. The van der Waals surface area contributed by atoms with Crippen molar-refractivity contribution in [1.29, 1.82) is 0 Å². The van der Waals surface area contributed by atoms with Gasteiger partial charge in [0.05, 0.1) is 14.2 Å². The van der Waals surface area contributed by atoms with Crippen LogP contribution in [0.2, 0.25) is 0 Å². The molecule has 4 rings (SSSR count). The second kappa shape index (κ2) is 13.1. The number of benzene rings is 4. The molecule has 0 atom stereocenters. The zero-order chi connectivity index (χ0) is 29.5. The molecule has 7 heteroatoms. The quantitative estimate of drug-likeness (QED) is 0.109. The Morgan fingerprint density at radius 3 is 1.34 bits per heavy atom. The molecular weight excluding hydrogens is 536 g/mol. The first-order valence-electron chi connectivity index (χ1n) is 12.7. The zero-order valence-corrected chi connectivity index (χ0v) is 24.2. The minimum atomic E-state index is -0.507. The first-order chi connectivity index (χ1) is 19.7. The van der Waals surface area contributed by atoms with Crippen LogP contribution in [0.25, 0.3) is 22.3 Å². The van der Waals surface area contributed by atoms with Crippen LogP contribution in [0, 0.1) is 0 Å². The average Bonchev–Trinajstić information content (AvgIpc) is 2.98. The van der Waals surface area contributed by atoms with Gasteiger partial charge >= 0.3 is 11.9 Å². The van der Waals surface area contributed by atoms with E-state index in [0.717, 1.165) is 20.9 Å². The number of esters is 2. The molecule has 0 bridgehead atoms. The maximum atomic E-state index is 12.4. The minimum absolute atomic E-state index is 0.300. The standard InChI is InChI=1S/C34H30O6S/c1-21(2)33(35)39-29-13-9-7-11-25(29)27-19-23(37-5)15-17-31(27)41-32-18-16-24(38-6)20-28(32)26-12-8-10-14-30(26)40-34(36)22(3)4/h7-20H,1,3H2,2,4-6H3. The topological polar surface area (TPSA) is 71.1 Å². The molecule has 0 aliphatic carbocycles. The molecule has 0 aliphatic rings. The summed E-state index contributed by atoms with van der Waals surface area (Å²) in [4.78, 5) is 26.6. The van der Waals surface area contributed by atoms with Gasteiger partial charge in [-0.05, 0) is 62.4 Å². The largest absolute Gasteiger partial charge is 0.497 e. The molecule has 0 N–H and O–H groups in total. The van der Waals surface area contributed by atoms with E-state index in [9.17, 15) is 9.59 Å². The van der Waals surface area contributed by atoms with Crippen LogP contribution < -0.4 is 18.9 Å². The lowest BCUT2D eigenvalue weighted by molar-refractivity contribution is -0.130. The highest BCUT2D eigenvalue weighted by Crippen LogP contribution is 2.46. The van der Waals surface area contributed by atoms with E-state index in [0.29, 0.717) is 45.3 Å². The number of ether oxygens (including phenoxy) is 4. The lowest BCUT2D eigenvalue weighted by Crippen LogP contribution is -2.09. The molecule has 0 fully saturated rings. The Kier molecular flexibility index (Phi) is 9.32. The third-order valence-electron chi connectivity index (χ3n) is 6.05. The Hall–Kier alpha value is -4.75. The maximum Gasteiger partial charge on any atom is 0.338 e. The van der Waals surface area contributed by atoms with Crippen molar-refractivity contribution < 1.29 is 28.5 Å². The summed E-state index contributed by atoms with van der Waals surface area (Å²) in [5.41, 5.74) is 3.65. The van der Waals surface area contributed by atoms with Gasteiger partial charge in [0, 0.05) is 43.2 Å². The lowest BCUT2D eigenvalue weighted by atomic mass is 10.0. The number of carbonyl (C=O) groups excluding carboxylic acids is 2. The molecule has 0 amide bonds. The van der Waals surface area contributed by atoms with E-state index in [1.165, 1.54) is 11.8 Å². The molecule has 0 unspecified atom stereocenters. The van der Waals surface area contributed by atoms with Gasteiger partial charge in [0.25, 0.3) is 0 Å². The van der Waals surface area contributed by atoms with Crippen molar-refractivity contribution >= 4 is 23.7 Å². The zero-order valence-electron chi connectivity index (χ0n) is 23.4. The van der Waals surface area contributed by atoms with Gasteiger partial charge in [0.15, 0.2) is 0 Å². The summed E-state index contributed by atoms with van der Waals surface area (Å²) in [6.07, 6.45) is 0. The Morgan fingerprint density at radius 1 is 0.585 bits per heavy atom. The molecule has 0 saturated heterocycles.